The van der Waals surface area contributed by atoms with Gasteiger partial charge in [0.2, 0.25) is 0 Å². The van der Waals surface area contributed by atoms with Crippen molar-refractivity contribution in [2.45, 2.75) is 56.8 Å². The Bertz CT molecular complexity index is 389. The van der Waals surface area contributed by atoms with Crippen LogP contribution in [0.25, 0.3) is 0 Å². The van der Waals surface area contributed by atoms with Gasteiger partial charge in [0.1, 0.15) is 5.82 Å². The van der Waals surface area contributed by atoms with E-state index in [4.69, 9.17) is 5.73 Å². The number of rotatable bonds is 9. The highest BCUT2D eigenvalue weighted by atomic mass is 32.2. The van der Waals surface area contributed by atoms with E-state index >= 15 is 0 Å². The summed E-state index contributed by atoms with van der Waals surface area (Å²) in [5.41, 5.74) is 5.88. The molecule has 0 radical (unpaired) electrons. The van der Waals surface area contributed by atoms with E-state index in [1.165, 1.54) is 44.2 Å². The summed E-state index contributed by atoms with van der Waals surface area (Å²) in [6.07, 6.45) is 8.32. The van der Waals surface area contributed by atoms with Gasteiger partial charge in [0.15, 0.2) is 0 Å². The molecule has 1 atom stereocenters. The first kappa shape index (κ1) is 16.2. The Morgan fingerprint density at radius 2 is 1.68 bits per heavy atom. The zero-order chi connectivity index (χ0) is 14.1. The zero-order valence-electron chi connectivity index (χ0n) is 11.7. The number of hydrogen-bond donors (Lipinski definition) is 1. The quantitative estimate of drug-likeness (QED) is 0.544. The van der Waals surface area contributed by atoms with Gasteiger partial charge in [0.05, 0.1) is 10.8 Å². The van der Waals surface area contributed by atoms with E-state index in [1.54, 1.807) is 6.07 Å². The molecule has 1 aromatic rings. The molecule has 0 saturated heterocycles. The third-order valence-corrected chi connectivity index (χ3v) is 4.51. The van der Waals surface area contributed by atoms with Crippen LogP contribution in [-0.4, -0.2) is 9.96 Å². The molecule has 1 aromatic carbocycles. The molecule has 1 unspecified atom stereocenters. The molecule has 1 rings (SSSR count). The number of hydrogen-bond acceptors (Lipinski definition) is 2. The summed E-state index contributed by atoms with van der Waals surface area (Å²) in [5.74, 6) is 0.180. The first-order valence-electron chi connectivity index (χ1n) is 7.08. The summed E-state index contributed by atoms with van der Waals surface area (Å²) in [5, 5.41) is 0. The topological polar surface area (TPSA) is 43.1 Å². The molecule has 0 bridgehead atoms. The van der Waals surface area contributed by atoms with Crippen LogP contribution in [0.15, 0.2) is 23.1 Å². The van der Waals surface area contributed by atoms with Crippen molar-refractivity contribution < 1.29 is 8.60 Å². The van der Waals surface area contributed by atoms with Gasteiger partial charge in [-0.25, -0.2) is 4.39 Å². The van der Waals surface area contributed by atoms with E-state index < -0.39 is 16.6 Å². The monoisotopic (exact) mass is 285 g/mol. The van der Waals surface area contributed by atoms with Crippen molar-refractivity contribution in [2.75, 3.05) is 11.5 Å². The molecule has 0 aromatic heterocycles. The Morgan fingerprint density at radius 1 is 1.05 bits per heavy atom. The summed E-state index contributed by atoms with van der Waals surface area (Å²) in [4.78, 5) is 0.503. The summed E-state index contributed by atoms with van der Waals surface area (Å²) < 4.78 is 25.1. The van der Waals surface area contributed by atoms with Crippen LogP contribution < -0.4 is 5.73 Å². The van der Waals surface area contributed by atoms with Gasteiger partial charge in [-0.1, -0.05) is 45.4 Å². The van der Waals surface area contributed by atoms with Crippen LogP contribution in [0.1, 0.15) is 51.9 Å². The fourth-order valence-electron chi connectivity index (χ4n) is 2.02. The summed E-state index contributed by atoms with van der Waals surface area (Å²) >= 11 is 0. The number of anilines is 1. The van der Waals surface area contributed by atoms with Crippen molar-refractivity contribution in [2.24, 2.45) is 0 Å². The fourth-order valence-corrected chi connectivity index (χ4v) is 3.24. The third-order valence-electron chi connectivity index (χ3n) is 3.09. The second-order valence-electron chi connectivity index (χ2n) is 4.89. The Labute approximate surface area is 118 Å². The second-order valence-corrected chi connectivity index (χ2v) is 6.46. The van der Waals surface area contributed by atoms with E-state index in [0.717, 1.165) is 12.8 Å². The van der Waals surface area contributed by atoms with Crippen LogP contribution in [0.5, 0.6) is 0 Å². The van der Waals surface area contributed by atoms with Crippen molar-refractivity contribution in [3.8, 4) is 0 Å². The molecule has 2 nitrogen and oxygen atoms in total. The number of nitrogens with two attached hydrogens (primary N) is 1. The third kappa shape index (κ3) is 6.71. The molecule has 0 aliphatic carbocycles. The number of nitrogen functional groups attached to an aromatic ring is 1. The van der Waals surface area contributed by atoms with Gasteiger partial charge in [-0.3, -0.25) is 4.21 Å². The molecular weight excluding hydrogens is 261 g/mol. The van der Waals surface area contributed by atoms with E-state index in [0.29, 0.717) is 16.3 Å². The minimum absolute atomic E-state index is 0.336. The highest BCUT2D eigenvalue weighted by Gasteiger charge is 2.06. The van der Waals surface area contributed by atoms with Crippen LogP contribution in [0.3, 0.4) is 0 Å². The zero-order valence-corrected chi connectivity index (χ0v) is 12.5. The van der Waals surface area contributed by atoms with Crippen LogP contribution in [-0.2, 0) is 10.8 Å². The molecule has 108 valence electrons. The van der Waals surface area contributed by atoms with Gasteiger partial charge in [-0.2, -0.15) is 0 Å². The lowest BCUT2D eigenvalue weighted by molar-refractivity contribution is 0.600. The molecule has 0 heterocycles. The average Bonchev–Trinajstić information content (AvgIpc) is 2.36. The summed E-state index contributed by atoms with van der Waals surface area (Å²) in [6, 6.07) is 4.16. The Morgan fingerprint density at radius 3 is 2.32 bits per heavy atom. The van der Waals surface area contributed by atoms with Crippen molar-refractivity contribution in [3.05, 3.63) is 24.0 Å². The molecule has 0 amide bonds. The first-order valence-corrected chi connectivity index (χ1v) is 8.40. The lowest BCUT2D eigenvalue weighted by Crippen LogP contribution is -2.00. The highest BCUT2D eigenvalue weighted by molar-refractivity contribution is 7.85. The number of halogens is 1. The van der Waals surface area contributed by atoms with Gasteiger partial charge in [-0.15, -0.1) is 0 Å². The molecule has 0 fully saturated rings. The smallest absolute Gasteiger partial charge is 0.126 e. The Balaban J connectivity index is 2.24. The normalized spacial score (nSPS) is 12.5. The van der Waals surface area contributed by atoms with Crippen molar-refractivity contribution in [1.82, 2.24) is 0 Å². The van der Waals surface area contributed by atoms with Crippen LogP contribution in [0, 0.1) is 5.82 Å². The minimum Gasteiger partial charge on any atom is -0.399 e. The molecule has 0 aliphatic heterocycles. The maximum atomic E-state index is 13.1. The van der Waals surface area contributed by atoms with Crippen LogP contribution >= 0.6 is 0 Å². The van der Waals surface area contributed by atoms with Crippen molar-refractivity contribution in [1.29, 1.82) is 0 Å². The molecule has 2 N–H and O–H groups in total. The fraction of sp³-hybridized carbons (Fsp3) is 0.600. The molecule has 0 spiro atoms. The van der Waals surface area contributed by atoms with Gasteiger partial charge >= 0.3 is 0 Å². The maximum absolute atomic E-state index is 13.1. The standard InChI is InChI=1S/C15H24FNOS/c1-2-3-4-5-6-7-8-9-19(18)15-11-13(16)10-14(17)12-15/h10-12H,2-9,17H2,1H3. The van der Waals surface area contributed by atoms with E-state index in [-0.39, 0.29) is 0 Å². The molecule has 0 aliphatic rings. The van der Waals surface area contributed by atoms with Crippen LogP contribution in [0.4, 0.5) is 10.1 Å². The second kappa shape index (κ2) is 9.08. The van der Waals surface area contributed by atoms with E-state index in [2.05, 4.69) is 6.92 Å². The first-order chi connectivity index (χ1) is 9.13. The number of unbranched alkanes of at least 4 members (excludes halogenated alkanes) is 6. The van der Waals surface area contributed by atoms with Crippen molar-refractivity contribution >= 4 is 16.5 Å². The highest BCUT2D eigenvalue weighted by Crippen LogP contribution is 2.16. The van der Waals surface area contributed by atoms with Gasteiger partial charge < -0.3 is 5.73 Å². The molecule has 19 heavy (non-hydrogen) atoms. The largest absolute Gasteiger partial charge is 0.399 e. The lowest BCUT2D eigenvalue weighted by atomic mass is 10.1. The predicted molar refractivity (Wildman–Crippen MR) is 80.1 cm³/mol. The average molecular weight is 285 g/mol. The van der Waals surface area contributed by atoms with Gasteiger partial charge in [0.25, 0.3) is 0 Å². The predicted octanol–water partition coefficient (Wildman–Crippen LogP) is 4.27. The van der Waals surface area contributed by atoms with Crippen molar-refractivity contribution in [3.63, 3.8) is 0 Å². The van der Waals surface area contributed by atoms with E-state index in [9.17, 15) is 8.60 Å². The lowest BCUT2D eigenvalue weighted by Gasteiger charge is -2.04. The SMILES string of the molecule is CCCCCCCCCS(=O)c1cc(N)cc(F)c1. The molecule has 0 saturated carbocycles. The Kier molecular flexibility index (Phi) is 7.72. The van der Waals surface area contributed by atoms with Gasteiger partial charge in [-0.05, 0) is 24.6 Å². The van der Waals surface area contributed by atoms with Crippen LogP contribution in [0.2, 0.25) is 0 Å². The minimum atomic E-state index is -1.13. The van der Waals surface area contributed by atoms with Gasteiger partial charge in [0, 0.05) is 16.3 Å². The summed E-state index contributed by atoms with van der Waals surface area (Å²) in [7, 11) is -1.13. The molecule has 4 heteroatoms. The number of benzene rings is 1. The molecular formula is C15H24FNOS. The van der Waals surface area contributed by atoms with E-state index in [1.807, 2.05) is 0 Å². The maximum Gasteiger partial charge on any atom is 0.126 e. The summed E-state index contributed by atoms with van der Waals surface area (Å²) in [6.45, 7) is 2.20. The Hall–Kier alpha value is -0.900.